The number of thiazole rings is 1. The highest BCUT2D eigenvalue weighted by molar-refractivity contribution is 7.18. The zero-order valence-corrected chi connectivity index (χ0v) is 19.7. The summed E-state index contributed by atoms with van der Waals surface area (Å²) in [5.41, 5.74) is 3.24. The van der Waals surface area contributed by atoms with Crippen LogP contribution in [-0.4, -0.2) is 77.6 Å². The van der Waals surface area contributed by atoms with E-state index in [0.29, 0.717) is 6.54 Å². The fourth-order valence-corrected chi connectivity index (χ4v) is 5.22. The van der Waals surface area contributed by atoms with Gasteiger partial charge in [-0.25, -0.2) is 4.98 Å². The maximum atomic E-state index is 10.5. The monoisotopic (exact) mass is 466 g/mol. The van der Waals surface area contributed by atoms with Gasteiger partial charge in [-0.3, -0.25) is 9.80 Å². The van der Waals surface area contributed by atoms with E-state index >= 15 is 0 Å². The summed E-state index contributed by atoms with van der Waals surface area (Å²) in [6.07, 6.45) is 0.369. The topological polar surface area (TPSA) is 70.4 Å². The minimum atomic E-state index is -0.524. The lowest BCUT2D eigenvalue weighted by Crippen LogP contribution is -2.50. The molecule has 2 aliphatic rings. The van der Waals surface area contributed by atoms with Crippen LogP contribution in [0.1, 0.15) is 23.1 Å². The van der Waals surface area contributed by atoms with Crippen LogP contribution in [0.3, 0.4) is 0 Å². The van der Waals surface area contributed by atoms with Crippen molar-refractivity contribution < 1.29 is 14.7 Å². The second-order valence-corrected chi connectivity index (χ2v) is 10.0. The van der Waals surface area contributed by atoms with Crippen molar-refractivity contribution in [1.29, 1.82) is 0 Å². The number of aromatic nitrogens is 1. The number of aliphatic hydroxyl groups excluding tert-OH is 1. The van der Waals surface area contributed by atoms with Gasteiger partial charge < -0.3 is 14.7 Å². The van der Waals surface area contributed by atoms with Crippen molar-refractivity contribution in [2.75, 3.05) is 45.9 Å². The van der Waals surface area contributed by atoms with Gasteiger partial charge in [0.15, 0.2) is 6.10 Å². The second kappa shape index (κ2) is 10.2. The van der Waals surface area contributed by atoms with Gasteiger partial charge in [0, 0.05) is 51.8 Å². The molecule has 0 aliphatic carbocycles. The molecule has 0 saturated carbocycles. The first-order chi connectivity index (χ1) is 16.1. The first-order valence-electron chi connectivity index (χ1n) is 11.5. The predicted octanol–water partition coefficient (Wildman–Crippen LogP) is 3.48. The molecule has 3 aromatic rings. The molecule has 2 atom stereocenters. The summed E-state index contributed by atoms with van der Waals surface area (Å²) in [6, 6.07) is 16.2. The highest BCUT2D eigenvalue weighted by Crippen LogP contribution is 2.27. The molecule has 8 heteroatoms. The van der Waals surface area contributed by atoms with Crippen molar-refractivity contribution in [3.63, 3.8) is 0 Å². The molecule has 174 valence electrons. The van der Waals surface area contributed by atoms with Crippen LogP contribution in [0.5, 0.6) is 5.75 Å². The predicted molar refractivity (Wildman–Crippen MR) is 131 cm³/mol. The van der Waals surface area contributed by atoms with Crippen molar-refractivity contribution >= 4 is 27.3 Å². The summed E-state index contributed by atoms with van der Waals surface area (Å²) < 4.78 is 6.99. The molecule has 1 saturated heterocycles. The number of rotatable bonds is 8. The molecule has 1 fully saturated rings. The Hall–Kier alpha value is -2.52. The normalized spacial score (nSPS) is 20.5. The SMILES string of the molecule is Cc1nc2cc(OC[C@H](O)CN3CCN(CC4=NOC(c5ccccc5)C4)CC3)ccc2s1. The van der Waals surface area contributed by atoms with E-state index in [0.717, 1.165) is 65.8 Å². The number of benzene rings is 2. The Balaban J connectivity index is 1.02. The van der Waals surface area contributed by atoms with E-state index in [1.54, 1.807) is 11.3 Å². The maximum absolute atomic E-state index is 10.5. The van der Waals surface area contributed by atoms with Crippen LogP contribution in [0.4, 0.5) is 0 Å². The van der Waals surface area contributed by atoms with Crippen molar-refractivity contribution in [2.24, 2.45) is 5.16 Å². The Morgan fingerprint density at radius 2 is 1.91 bits per heavy atom. The quantitative estimate of drug-likeness (QED) is 0.548. The number of ether oxygens (including phenoxy) is 1. The number of oxime groups is 1. The van der Waals surface area contributed by atoms with E-state index in [1.807, 2.05) is 43.3 Å². The van der Waals surface area contributed by atoms with Crippen molar-refractivity contribution in [3.8, 4) is 5.75 Å². The lowest BCUT2D eigenvalue weighted by molar-refractivity contribution is 0.0487. The highest BCUT2D eigenvalue weighted by Gasteiger charge is 2.26. The number of aryl methyl sites for hydroxylation is 1. The van der Waals surface area contributed by atoms with Crippen molar-refractivity contribution in [1.82, 2.24) is 14.8 Å². The summed E-state index contributed by atoms with van der Waals surface area (Å²) in [7, 11) is 0. The third-order valence-corrected chi connectivity index (χ3v) is 7.10. The van der Waals surface area contributed by atoms with E-state index in [-0.39, 0.29) is 12.7 Å². The average Bonchev–Trinajstić information content (AvgIpc) is 3.45. The van der Waals surface area contributed by atoms with Crippen LogP contribution < -0.4 is 4.74 Å². The second-order valence-electron chi connectivity index (χ2n) is 8.77. The Labute approximate surface area is 198 Å². The van der Waals surface area contributed by atoms with Crippen LogP contribution in [0.2, 0.25) is 0 Å². The number of piperazine rings is 1. The standard InChI is InChI=1S/C25H30N4O3S/c1-18-26-23-14-22(7-8-25(23)33-18)31-17-21(30)16-29-11-9-28(10-12-29)15-20-13-24(32-27-20)19-5-3-2-4-6-19/h2-8,14,21,24,30H,9-13,15-17H2,1H3/t21-,24?/m1/s1. The Bertz CT molecular complexity index is 1100. The van der Waals surface area contributed by atoms with Crippen molar-refractivity contribution in [3.05, 3.63) is 59.1 Å². The largest absolute Gasteiger partial charge is 0.491 e. The van der Waals surface area contributed by atoms with Gasteiger partial charge in [0.2, 0.25) is 0 Å². The molecule has 0 spiro atoms. The number of β-amino-alcohol motifs (C(OH)–C–C–N with tert-alkyl or cyclic N) is 1. The van der Waals surface area contributed by atoms with Crippen LogP contribution >= 0.6 is 11.3 Å². The molecule has 0 radical (unpaired) electrons. The van der Waals surface area contributed by atoms with Gasteiger partial charge in [0.05, 0.1) is 20.9 Å². The van der Waals surface area contributed by atoms with Crippen LogP contribution in [0.25, 0.3) is 10.2 Å². The van der Waals surface area contributed by atoms with E-state index in [2.05, 4.69) is 32.1 Å². The van der Waals surface area contributed by atoms with E-state index < -0.39 is 6.10 Å². The van der Waals surface area contributed by atoms with Gasteiger partial charge in [-0.15, -0.1) is 11.3 Å². The van der Waals surface area contributed by atoms with E-state index in [4.69, 9.17) is 9.57 Å². The van der Waals surface area contributed by atoms with E-state index in [1.165, 1.54) is 5.56 Å². The van der Waals surface area contributed by atoms with Gasteiger partial charge >= 0.3 is 0 Å². The summed E-state index contributed by atoms with van der Waals surface area (Å²) in [5.74, 6) is 0.755. The molecule has 0 bridgehead atoms. The Morgan fingerprint density at radius 1 is 1.12 bits per heavy atom. The fourth-order valence-electron chi connectivity index (χ4n) is 4.41. The third-order valence-electron chi connectivity index (χ3n) is 6.15. The Morgan fingerprint density at radius 3 is 2.73 bits per heavy atom. The minimum absolute atomic E-state index is 0.0397. The molecule has 1 N–H and O–H groups in total. The van der Waals surface area contributed by atoms with Crippen molar-refractivity contribution in [2.45, 2.75) is 25.6 Å². The number of aliphatic hydroxyl groups is 1. The van der Waals surface area contributed by atoms with Gasteiger partial charge in [-0.1, -0.05) is 35.5 Å². The number of nitrogens with zero attached hydrogens (tertiary/aromatic N) is 4. The first kappa shape index (κ1) is 22.3. The zero-order chi connectivity index (χ0) is 22.6. The average molecular weight is 467 g/mol. The molecule has 1 unspecified atom stereocenters. The molecular weight excluding hydrogens is 436 g/mol. The molecule has 33 heavy (non-hydrogen) atoms. The lowest BCUT2D eigenvalue weighted by Gasteiger charge is -2.35. The minimum Gasteiger partial charge on any atom is -0.491 e. The van der Waals surface area contributed by atoms with Crippen LogP contribution in [0, 0.1) is 6.92 Å². The maximum Gasteiger partial charge on any atom is 0.157 e. The van der Waals surface area contributed by atoms with E-state index in [9.17, 15) is 5.11 Å². The van der Waals surface area contributed by atoms with Gasteiger partial charge in [0.1, 0.15) is 18.5 Å². The van der Waals surface area contributed by atoms with Crippen LogP contribution in [-0.2, 0) is 4.84 Å². The fraction of sp³-hybridized carbons (Fsp3) is 0.440. The van der Waals surface area contributed by atoms with Gasteiger partial charge in [0.25, 0.3) is 0 Å². The zero-order valence-electron chi connectivity index (χ0n) is 18.9. The molecule has 7 nitrogen and oxygen atoms in total. The molecular formula is C25H30N4O3S. The number of hydrogen-bond donors (Lipinski definition) is 1. The Kier molecular flexibility index (Phi) is 6.87. The molecule has 5 rings (SSSR count). The lowest BCUT2D eigenvalue weighted by atomic mass is 10.0. The van der Waals surface area contributed by atoms with Gasteiger partial charge in [-0.2, -0.15) is 0 Å². The summed E-state index contributed by atoms with van der Waals surface area (Å²) in [6.45, 7) is 7.53. The highest BCUT2D eigenvalue weighted by atomic mass is 32.1. The third kappa shape index (κ3) is 5.70. The first-order valence-corrected chi connectivity index (χ1v) is 12.3. The molecule has 0 amide bonds. The summed E-state index contributed by atoms with van der Waals surface area (Å²) in [4.78, 5) is 14.9. The molecule has 2 aliphatic heterocycles. The summed E-state index contributed by atoms with van der Waals surface area (Å²) in [5, 5.41) is 15.9. The number of fused-ring (bicyclic) bond motifs is 1. The number of hydrogen-bond acceptors (Lipinski definition) is 8. The smallest absolute Gasteiger partial charge is 0.157 e. The molecule has 2 aromatic carbocycles. The molecule has 3 heterocycles. The van der Waals surface area contributed by atoms with Crippen LogP contribution in [0.15, 0.2) is 53.7 Å². The van der Waals surface area contributed by atoms with Gasteiger partial charge in [-0.05, 0) is 24.6 Å². The molecule has 1 aromatic heterocycles. The summed E-state index contributed by atoms with van der Waals surface area (Å²) >= 11 is 1.68.